The molecule has 1 N–H and O–H groups in total. The Balaban J connectivity index is 1.55. The lowest BCUT2D eigenvalue weighted by Crippen LogP contribution is -2.30. The highest BCUT2D eigenvalue weighted by Gasteiger charge is 2.23. The van der Waals surface area contributed by atoms with E-state index < -0.39 is 35.2 Å². The maximum Gasteiger partial charge on any atom is 0.341 e. The molecule has 158 valence electrons. The molecule has 6 nitrogen and oxygen atoms in total. The monoisotopic (exact) mass is 425 g/mol. The van der Waals surface area contributed by atoms with E-state index in [1.54, 1.807) is 12.1 Å². The Morgan fingerprint density at radius 3 is 2.52 bits per heavy atom. The van der Waals surface area contributed by atoms with Gasteiger partial charge in [0.1, 0.15) is 28.5 Å². The van der Waals surface area contributed by atoms with Gasteiger partial charge in [-0.1, -0.05) is 18.2 Å². The summed E-state index contributed by atoms with van der Waals surface area (Å²) in [6, 6.07) is 13.3. The Hall–Kier alpha value is -3.94. The third-order valence-corrected chi connectivity index (χ3v) is 4.76. The van der Waals surface area contributed by atoms with Crippen LogP contribution in [0.3, 0.4) is 0 Å². The van der Waals surface area contributed by atoms with Crippen LogP contribution in [0, 0.1) is 11.6 Å². The van der Waals surface area contributed by atoms with E-state index in [1.165, 1.54) is 14.0 Å². The second kappa shape index (κ2) is 8.06. The fourth-order valence-electron chi connectivity index (χ4n) is 3.18. The van der Waals surface area contributed by atoms with Crippen molar-refractivity contribution in [1.82, 2.24) is 0 Å². The SMILES string of the molecule is COc1cc2c(cc1NC(=O)[C@@H](C)OC(=O)c1ccc(F)cc1F)oc1ccccc12. The van der Waals surface area contributed by atoms with Crippen LogP contribution in [-0.2, 0) is 9.53 Å². The van der Waals surface area contributed by atoms with Gasteiger partial charge in [-0.3, -0.25) is 4.79 Å². The van der Waals surface area contributed by atoms with Gasteiger partial charge >= 0.3 is 5.97 Å². The number of hydrogen-bond donors (Lipinski definition) is 1. The number of benzene rings is 3. The van der Waals surface area contributed by atoms with E-state index in [4.69, 9.17) is 13.9 Å². The second-order valence-electron chi connectivity index (χ2n) is 6.81. The molecule has 3 aromatic carbocycles. The van der Waals surface area contributed by atoms with Gasteiger partial charge in [0.2, 0.25) is 0 Å². The number of methoxy groups -OCH3 is 1. The molecule has 0 radical (unpaired) electrons. The summed E-state index contributed by atoms with van der Waals surface area (Å²) < 4.78 is 43.0. The van der Waals surface area contributed by atoms with Crippen molar-refractivity contribution in [2.45, 2.75) is 13.0 Å². The summed E-state index contributed by atoms with van der Waals surface area (Å²) in [7, 11) is 1.46. The molecule has 0 spiro atoms. The van der Waals surface area contributed by atoms with Crippen LogP contribution in [0.5, 0.6) is 5.75 Å². The maximum absolute atomic E-state index is 13.8. The molecule has 0 aliphatic heterocycles. The molecule has 4 rings (SSSR count). The number of carbonyl (C=O) groups excluding carboxylic acids is 2. The average molecular weight is 425 g/mol. The minimum atomic E-state index is -1.26. The molecular formula is C23H17F2NO5. The summed E-state index contributed by atoms with van der Waals surface area (Å²) in [5.74, 6) is -3.26. The summed E-state index contributed by atoms with van der Waals surface area (Å²) in [6.07, 6.45) is -1.26. The van der Waals surface area contributed by atoms with Gasteiger partial charge in [-0.2, -0.15) is 0 Å². The van der Waals surface area contributed by atoms with E-state index >= 15 is 0 Å². The highest BCUT2D eigenvalue weighted by molar-refractivity contribution is 6.08. The van der Waals surface area contributed by atoms with Gasteiger partial charge in [-0.05, 0) is 31.2 Å². The van der Waals surface area contributed by atoms with Crippen molar-refractivity contribution in [3.63, 3.8) is 0 Å². The molecule has 1 heterocycles. The standard InChI is InChI=1S/C23H17F2NO5/c1-12(30-23(28)15-8-7-13(24)9-17(15)25)22(27)26-18-11-20-16(10-21(18)29-2)14-5-3-4-6-19(14)31-20/h3-12H,1-2H3,(H,26,27)/t12-/m1/s1. The second-order valence-corrected chi connectivity index (χ2v) is 6.81. The first-order valence-corrected chi connectivity index (χ1v) is 9.33. The lowest BCUT2D eigenvalue weighted by Gasteiger charge is -2.15. The van der Waals surface area contributed by atoms with Crippen molar-refractivity contribution in [3.8, 4) is 5.75 Å². The third-order valence-electron chi connectivity index (χ3n) is 4.76. The first kappa shape index (κ1) is 20.3. The molecule has 0 saturated heterocycles. The number of halogens is 2. The fourth-order valence-corrected chi connectivity index (χ4v) is 3.18. The van der Waals surface area contributed by atoms with Gasteiger partial charge in [0.15, 0.2) is 6.10 Å². The molecule has 0 bridgehead atoms. The minimum Gasteiger partial charge on any atom is -0.495 e. The zero-order valence-corrected chi connectivity index (χ0v) is 16.6. The molecule has 0 unspecified atom stereocenters. The smallest absolute Gasteiger partial charge is 0.341 e. The molecule has 1 amide bonds. The van der Waals surface area contributed by atoms with E-state index in [9.17, 15) is 18.4 Å². The number of furan rings is 1. The van der Waals surface area contributed by atoms with Crippen molar-refractivity contribution >= 4 is 39.5 Å². The topological polar surface area (TPSA) is 77.8 Å². The number of nitrogens with one attached hydrogen (secondary N) is 1. The van der Waals surface area contributed by atoms with Crippen molar-refractivity contribution < 1.29 is 32.3 Å². The van der Waals surface area contributed by atoms with Crippen LogP contribution in [0.2, 0.25) is 0 Å². The van der Waals surface area contributed by atoms with E-state index in [1.807, 2.05) is 24.3 Å². The minimum absolute atomic E-state index is 0.315. The van der Waals surface area contributed by atoms with Crippen LogP contribution in [0.4, 0.5) is 14.5 Å². The molecule has 1 atom stereocenters. The molecule has 4 aromatic rings. The van der Waals surface area contributed by atoms with Gasteiger partial charge in [-0.25, -0.2) is 13.6 Å². The lowest BCUT2D eigenvalue weighted by atomic mass is 10.1. The van der Waals surface area contributed by atoms with Gasteiger partial charge in [0.25, 0.3) is 5.91 Å². The summed E-state index contributed by atoms with van der Waals surface area (Å²) in [6.45, 7) is 1.33. The van der Waals surface area contributed by atoms with E-state index in [2.05, 4.69) is 5.32 Å². The first-order chi connectivity index (χ1) is 14.9. The molecule has 31 heavy (non-hydrogen) atoms. The normalized spacial score (nSPS) is 12.0. The number of carbonyl (C=O) groups is 2. The molecule has 0 saturated carbocycles. The van der Waals surface area contributed by atoms with Crippen LogP contribution in [0.25, 0.3) is 21.9 Å². The summed E-state index contributed by atoms with van der Waals surface area (Å²) in [5.41, 5.74) is 1.07. The Morgan fingerprint density at radius 2 is 1.77 bits per heavy atom. The number of anilines is 1. The first-order valence-electron chi connectivity index (χ1n) is 9.33. The van der Waals surface area contributed by atoms with Gasteiger partial charge in [0, 0.05) is 22.9 Å². The van der Waals surface area contributed by atoms with Crippen molar-refractivity contribution in [2.24, 2.45) is 0 Å². The van der Waals surface area contributed by atoms with E-state index in [-0.39, 0.29) is 0 Å². The molecule has 0 fully saturated rings. The number of esters is 1. The molecular weight excluding hydrogens is 408 g/mol. The van der Waals surface area contributed by atoms with Gasteiger partial charge in [0.05, 0.1) is 18.4 Å². The van der Waals surface area contributed by atoms with Gasteiger partial charge < -0.3 is 19.2 Å². The maximum atomic E-state index is 13.8. The number of fused-ring (bicyclic) bond motifs is 3. The molecule has 0 aliphatic carbocycles. The Labute approximate surface area is 175 Å². The Morgan fingerprint density at radius 1 is 1.00 bits per heavy atom. The zero-order chi connectivity index (χ0) is 22.1. The van der Waals surface area contributed by atoms with Crippen LogP contribution in [-0.4, -0.2) is 25.1 Å². The van der Waals surface area contributed by atoms with E-state index in [0.29, 0.717) is 28.7 Å². The van der Waals surface area contributed by atoms with E-state index in [0.717, 1.165) is 22.9 Å². The lowest BCUT2D eigenvalue weighted by molar-refractivity contribution is -0.123. The van der Waals surface area contributed by atoms with Crippen molar-refractivity contribution in [3.05, 3.63) is 71.8 Å². The molecule has 0 aliphatic rings. The van der Waals surface area contributed by atoms with Crippen molar-refractivity contribution in [1.29, 1.82) is 0 Å². The Kier molecular flexibility index (Phi) is 5.29. The summed E-state index contributed by atoms with van der Waals surface area (Å²) in [5, 5.41) is 4.34. The predicted molar refractivity (Wildman–Crippen MR) is 110 cm³/mol. The van der Waals surface area contributed by atoms with Gasteiger partial charge in [-0.15, -0.1) is 0 Å². The number of hydrogen-bond acceptors (Lipinski definition) is 5. The van der Waals surface area contributed by atoms with Crippen LogP contribution >= 0.6 is 0 Å². The fraction of sp³-hybridized carbons (Fsp3) is 0.130. The highest BCUT2D eigenvalue weighted by atomic mass is 19.1. The zero-order valence-electron chi connectivity index (χ0n) is 16.6. The largest absolute Gasteiger partial charge is 0.495 e. The number of amides is 1. The number of para-hydroxylation sites is 1. The Bertz CT molecular complexity index is 1310. The average Bonchev–Trinajstić information content (AvgIpc) is 3.10. The summed E-state index contributed by atoms with van der Waals surface area (Å²) in [4.78, 5) is 24.7. The van der Waals surface area contributed by atoms with Crippen molar-refractivity contribution in [2.75, 3.05) is 12.4 Å². The molecule has 8 heteroatoms. The predicted octanol–water partition coefficient (Wildman–Crippen LogP) is 5.06. The third kappa shape index (κ3) is 3.92. The van der Waals surface area contributed by atoms with Crippen LogP contribution in [0.15, 0.2) is 59.0 Å². The highest BCUT2D eigenvalue weighted by Crippen LogP contribution is 2.36. The summed E-state index contributed by atoms with van der Waals surface area (Å²) >= 11 is 0. The molecule has 1 aromatic heterocycles. The van der Waals surface area contributed by atoms with Crippen LogP contribution in [0.1, 0.15) is 17.3 Å². The quantitative estimate of drug-likeness (QED) is 0.453. The van der Waals surface area contributed by atoms with Crippen LogP contribution < -0.4 is 10.1 Å². The number of ether oxygens (including phenoxy) is 2. The number of rotatable bonds is 5.